The Labute approximate surface area is 124 Å². The molecule has 1 heterocycles. The predicted molar refractivity (Wildman–Crippen MR) is 81.3 cm³/mol. The van der Waals surface area contributed by atoms with Crippen molar-refractivity contribution in [2.45, 2.75) is 32.3 Å². The van der Waals surface area contributed by atoms with Crippen LogP contribution >= 0.6 is 11.6 Å². The molecule has 1 aromatic carbocycles. The van der Waals surface area contributed by atoms with Crippen LogP contribution in [0.3, 0.4) is 0 Å². The molecule has 1 fully saturated rings. The summed E-state index contributed by atoms with van der Waals surface area (Å²) in [5.74, 6) is 0.0552. The molecule has 0 aliphatic carbocycles. The number of carbonyl (C=O) groups excluding carboxylic acids is 1. The average Bonchev–Trinajstić information content (AvgIpc) is 2.92. The first kappa shape index (κ1) is 15.1. The number of aryl methyl sites for hydroxylation is 1. The van der Waals surface area contributed by atoms with E-state index in [4.69, 9.17) is 16.3 Å². The van der Waals surface area contributed by atoms with Gasteiger partial charge in [0.25, 0.3) is 0 Å². The fraction of sp³-hybridized carbons (Fsp3) is 0.533. The van der Waals surface area contributed by atoms with Gasteiger partial charge in [-0.05, 0) is 43.5 Å². The smallest absolute Gasteiger partial charge is 0.221 e. The standard InChI is InChI=1S/C15H21ClN2O2/c1-11-9-12(16)4-5-14(11)17-7-6-15(19)18-10-13-3-2-8-20-13/h4-5,9,13,17H,2-3,6-8,10H2,1H3,(H,18,19). The largest absolute Gasteiger partial charge is 0.384 e. The van der Waals surface area contributed by atoms with E-state index in [2.05, 4.69) is 10.6 Å². The van der Waals surface area contributed by atoms with Crippen LogP contribution in [0.25, 0.3) is 0 Å². The summed E-state index contributed by atoms with van der Waals surface area (Å²) in [4.78, 5) is 11.7. The number of halogens is 1. The number of rotatable bonds is 6. The number of anilines is 1. The molecule has 1 saturated heterocycles. The van der Waals surface area contributed by atoms with E-state index in [0.717, 1.165) is 35.7 Å². The molecule has 1 aliphatic rings. The van der Waals surface area contributed by atoms with E-state index in [1.54, 1.807) is 0 Å². The average molecular weight is 297 g/mol. The van der Waals surface area contributed by atoms with Crippen LogP contribution in [0.1, 0.15) is 24.8 Å². The minimum Gasteiger partial charge on any atom is -0.384 e. The highest BCUT2D eigenvalue weighted by Crippen LogP contribution is 2.19. The Balaban J connectivity index is 1.65. The second kappa shape index (κ2) is 7.50. The lowest BCUT2D eigenvalue weighted by Crippen LogP contribution is -2.32. The van der Waals surface area contributed by atoms with Crippen molar-refractivity contribution in [3.05, 3.63) is 28.8 Å². The monoisotopic (exact) mass is 296 g/mol. The second-order valence-corrected chi connectivity index (χ2v) is 5.51. The molecular formula is C15H21ClN2O2. The lowest BCUT2D eigenvalue weighted by molar-refractivity contribution is -0.121. The van der Waals surface area contributed by atoms with Crippen LogP contribution in [0, 0.1) is 6.92 Å². The van der Waals surface area contributed by atoms with E-state index in [-0.39, 0.29) is 12.0 Å². The molecule has 1 unspecified atom stereocenters. The summed E-state index contributed by atoms with van der Waals surface area (Å²) in [5, 5.41) is 6.88. The van der Waals surface area contributed by atoms with Gasteiger partial charge in [0.05, 0.1) is 6.10 Å². The van der Waals surface area contributed by atoms with Crippen molar-refractivity contribution in [2.75, 3.05) is 25.0 Å². The molecule has 1 aromatic rings. The van der Waals surface area contributed by atoms with Crippen molar-refractivity contribution in [2.24, 2.45) is 0 Å². The van der Waals surface area contributed by atoms with Gasteiger partial charge in [-0.15, -0.1) is 0 Å². The zero-order valence-electron chi connectivity index (χ0n) is 11.7. The van der Waals surface area contributed by atoms with Gasteiger partial charge in [-0.25, -0.2) is 0 Å². The van der Waals surface area contributed by atoms with Crippen molar-refractivity contribution in [3.63, 3.8) is 0 Å². The highest BCUT2D eigenvalue weighted by Gasteiger charge is 2.15. The zero-order valence-corrected chi connectivity index (χ0v) is 12.5. The second-order valence-electron chi connectivity index (χ2n) is 5.08. The Morgan fingerprint density at radius 1 is 1.50 bits per heavy atom. The Kier molecular flexibility index (Phi) is 5.68. The molecular weight excluding hydrogens is 276 g/mol. The fourth-order valence-corrected chi connectivity index (χ4v) is 2.48. The SMILES string of the molecule is Cc1cc(Cl)ccc1NCCC(=O)NCC1CCCO1. The van der Waals surface area contributed by atoms with Crippen LogP contribution in [0.5, 0.6) is 0 Å². The van der Waals surface area contributed by atoms with Crippen LogP contribution < -0.4 is 10.6 Å². The maximum absolute atomic E-state index is 11.7. The van der Waals surface area contributed by atoms with Gasteiger partial charge >= 0.3 is 0 Å². The third-order valence-electron chi connectivity index (χ3n) is 3.41. The number of hydrogen-bond donors (Lipinski definition) is 2. The van der Waals surface area contributed by atoms with Gasteiger partial charge in [0.2, 0.25) is 5.91 Å². The van der Waals surface area contributed by atoms with Crippen molar-refractivity contribution in [3.8, 4) is 0 Å². The van der Waals surface area contributed by atoms with E-state index >= 15 is 0 Å². The number of carbonyl (C=O) groups is 1. The van der Waals surface area contributed by atoms with Crippen LogP contribution in [0.4, 0.5) is 5.69 Å². The molecule has 0 saturated carbocycles. The van der Waals surface area contributed by atoms with Gasteiger partial charge in [0.1, 0.15) is 0 Å². The Morgan fingerprint density at radius 3 is 3.05 bits per heavy atom. The molecule has 110 valence electrons. The fourth-order valence-electron chi connectivity index (χ4n) is 2.26. The van der Waals surface area contributed by atoms with Gasteiger partial charge in [-0.1, -0.05) is 11.6 Å². The van der Waals surface area contributed by atoms with Gasteiger partial charge < -0.3 is 15.4 Å². The van der Waals surface area contributed by atoms with Gasteiger partial charge in [0.15, 0.2) is 0 Å². The summed E-state index contributed by atoms with van der Waals surface area (Å²) in [6, 6.07) is 5.68. The molecule has 0 aromatic heterocycles. The molecule has 2 N–H and O–H groups in total. The highest BCUT2D eigenvalue weighted by atomic mass is 35.5. The lowest BCUT2D eigenvalue weighted by atomic mass is 10.2. The first-order chi connectivity index (χ1) is 9.65. The van der Waals surface area contributed by atoms with E-state index in [0.29, 0.717) is 19.5 Å². The van der Waals surface area contributed by atoms with Crippen LogP contribution in [-0.2, 0) is 9.53 Å². The van der Waals surface area contributed by atoms with Crippen molar-refractivity contribution >= 4 is 23.2 Å². The van der Waals surface area contributed by atoms with E-state index in [9.17, 15) is 4.79 Å². The number of amides is 1. The highest BCUT2D eigenvalue weighted by molar-refractivity contribution is 6.30. The number of hydrogen-bond acceptors (Lipinski definition) is 3. The zero-order chi connectivity index (χ0) is 14.4. The third-order valence-corrected chi connectivity index (χ3v) is 3.64. The van der Waals surface area contributed by atoms with Gasteiger partial charge in [-0.2, -0.15) is 0 Å². The molecule has 5 heteroatoms. The van der Waals surface area contributed by atoms with Crippen molar-refractivity contribution < 1.29 is 9.53 Å². The quantitative estimate of drug-likeness (QED) is 0.849. The van der Waals surface area contributed by atoms with Crippen molar-refractivity contribution in [1.82, 2.24) is 5.32 Å². The summed E-state index contributed by atoms with van der Waals surface area (Å²) < 4.78 is 5.46. The molecule has 0 radical (unpaired) electrons. The summed E-state index contributed by atoms with van der Waals surface area (Å²) in [6.07, 6.45) is 2.79. The lowest BCUT2D eigenvalue weighted by Gasteiger charge is -2.12. The molecule has 1 amide bonds. The van der Waals surface area contributed by atoms with Gasteiger partial charge in [0, 0.05) is 36.8 Å². The normalized spacial score (nSPS) is 18.0. The molecule has 2 rings (SSSR count). The molecule has 1 atom stereocenters. The predicted octanol–water partition coefficient (Wildman–Crippen LogP) is 2.75. The maximum atomic E-state index is 11.7. The van der Waals surface area contributed by atoms with Crippen LogP contribution in [0.2, 0.25) is 5.02 Å². The third kappa shape index (κ3) is 4.69. The topological polar surface area (TPSA) is 50.4 Å². The number of benzene rings is 1. The molecule has 20 heavy (non-hydrogen) atoms. The molecule has 4 nitrogen and oxygen atoms in total. The summed E-state index contributed by atoms with van der Waals surface area (Å²) in [6.45, 7) is 4.04. The first-order valence-corrected chi connectivity index (χ1v) is 7.41. The minimum absolute atomic E-state index is 0.0552. The Hall–Kier alpha value is -1.26. The number of nitrogens with one attached hydrogen (secondary N) is 2. The first-order valence-electron chi connectivity index (χ1n) is 7.03. The van der Waals surface area contributed by atoms with E-state index in [1.807, 2.05) is 25.1 Å². The summed E-state index contributed by atoms with van der Waals surface area (Å²) in [7, 11) is 0. The number of ether oxygens (including phenoxy) is 1. The Morgan fingerprint density at radius 2 is 2.35 bits per heavy atom. The summed E-state index contributed by atoms with van der Waals surface area (Å²) in [5.41, 5.74) is 2.10. The van der Waals surface area contributed by atoms with Crippen LogP contribution in [0.15, 0.2) is 18.2 Å². The minimum atomic E-state index is 0.0552. The van der Waals surface area contributed by atoms with E-state index < -0.39 is 0 Å². The molecule has 1 aliphatic heterocycles. The van der Waals surface area contributed by atoms with Gasteiger partial charge in [-0.3, -0.25) is 4.79 Å². The summed E-state index contributed by atoms with van der Waals surface area (Å²) >= 11 is 5.90. The molecule has 0 bridgehead atoms. The maximum Gasteiger partial charge on any atom is 0.221 e. The van der Waals surface area contributed by atoms with E-state index in [1.165, 1.54) is 0 Å². The van der Waals surface area contributed by atoms with Crippen molar-refractivity contribution in [1.29, 1.82) is 0 Å². The van der Waals surface area contributed by atoms with Crippen LogP contribution in [-0.4, -0.2) is 31.7 Å². The Bertz CT molecular complexity index is 459. The molecule has 0 spiro atoms.